The largest absolute Gasteiger partial charge is 0.505 e. The number of para-hydroxylation sites is 1. The molecule has 4 rings (SSSR count). The summed E-state index contributed by atoms with van der Waals surface area (Å²) in [4.78, 5) is 16.4. The van der Waals surface area contributed by atoms with Gasteiger partial charge in [-0.1, -0.05) is 60.7 Å². The van der Waals surface area contributed by atoms with E-state index in [0.29, 0.717) is 29.0 Å². The number of carbonyl (C=O) groups is 1. The molecule has 0 aliphatic carbocycles. The average Bonchev–Trinajstić information content (AvgIpc) is 2.91. The third-order valence-electron chi connectivity index (χ3n) is 5.47. The van der Waals surface area contributed by atoms with Gasteiger partial charge in [0.05, 0.1) is 18.5 Å². The van der Waals surface area contributed by atoms with E-state index in [0.717, 1.165) is 22.4 Å². The highest BCUT2D eigenvalue weighted by Gasteiger charge is 2.10. The van der Waals surface area contributed by atoms with Gasteiger partial charge in [-0.15, -0.1) is 0 Å². The maximum Gasteiger partial charge on any atom is 0.271 e. The predicted octanol–water partition coefficient (Wildman–Crippen LogP) is 4.60. The van der Waals surface area contributed by atoms with Crippen LogP contribution < -0.4 is 10.2 Å². The number of pyridine rings is 1. The SMILES string of the molecule is Cc1ncc(CO)c(C=NNC(=O)c2ccc(COc3ccccc3-c3ccccc3)cc2)c1O. The average molecular weight is 468 g/mol. The molecule has 0 radical (unpaired) electrons. The molecule has 0 unspecified atom stereocenters. The van der Waals surface area contributed by atoms with Gasteiger partial charge in [-0.3, -0.25) is 9.78 Å². The van der Waals surface area contributed by atoms with Crippen LogP contribution in [0.4, 0.5) is 0 Å². The highest BCUT2D eigenvalue weighted by Crippen LogP contribution is 2.30. The quantitative estimate of drug-likeness (QED) is 0.260. The van der Waals surface area contributed by atoms with Crippen LogP contribution in [0.25, 0.3) is 11.1 Å². The van der Waals surface area contributed by atoms with Crippen LogP contribution in [-0.4, -0.2) is 27.3 Å². The van der Waals surface area contributed by atoms with Crippen molar-refractivity contribution < 1.29 is 19.7 Å². The van der Waals surface area contributed by atoms with Crippen LogP contribution >= 0.6 is 0 Å². The fourth-order valence-electron chi connectivity index (χ4n) is 3.50. The molecule has 0 saturated carbocycles. The van der Waals surface area contributed by atoms with E-state index in [1.54, 1.807) is 19.1 Å². The molecule has 0 fully saturated rings. The molecule has 7 heteroatoms. The predicted molar refractivity (Wildman–Crippen MR) is 134 cm³/mol. The number of amides is 1. The summed E-state index contributed by atoms with van der Waals surface area (Å²) in [5.74, 6) is 0.290. The van der Waals surface area contributed by atoms with Gasteiger partial charge < -0.3 is 14.9 Å². The molecular weight excluding hydrogens is 442 g/mol. The van der Waals surface area contributed by atoms with Crippen LogP contribution in [0.2, 0.25) is 0 Å². The molecule has 1 aromatic heterocycles. The zero-order valence-electron chi connectivity index (χ0n) is 19.2. The van der Waals surface area contributed by atoms with Crippen molar-refractivity contribution in [2.75, 3.05) is 0 Å². The second-order valence-corrected chi connectivity index (χ2v) is 7.84. The van der Waals surface area contributed by atoms with E-state index in [9.17, 15) is 15.0 Å². The number of aromatic nitrogens is 1. The van der Waals surface area contributed by atoms with Crippen LogP contribution in [0.3, 0.4) is 0 Å². The molecule has 1 heterocycles. The van der Waals surface area contributed by atoms with Crippen molar-refractivity contribution in [3.05, 3.63) is 113 Å². The Hall–Kier alpha value is -4.49. The number of hydrogen-bond acceptors (Lipinski definition) is 6. The molecule has 0 aliphatic rings. The minimum Gasteiger partial charge on any atom is -0.505 e. The van der Waals surface area contributed by atoms with E-state index in [2.05, 4.69) is 15.5 Å². The van der Waals surface area contributed by atoms with Crippen LogP contribution in [-0.2, 0) is 13.2 Å². The first-order valence-electron chi connectivity index (χ1n) is 11.0. The van der Waals surface area contributed by atoms with Gasteiger partial charge in [-0.25, -0.2) is 5.43 Å². The number of rotatable bonds is 8. The van der Waals surface area contributed by atoms with Gasteiger partial charge in [0, 0.05) is 28.5 Å². The number of hydrogen-bond donors (Lipinski definition) is 3. The summed E-state index contributed by atoms with van der Waals surface area (Å²) in [6.07, 6.45) is 2.75. The Bertz CT molecular complexity index is 1340. The van der Waals surface area contributed by atoms with E-state index < -0.39 is 5.91 Å². The first-order chi connectivity index (χ1) is 17.1. The lowest BCUT2D eigenvalue weighted by Gasteiger charge is -2.12. The van der Waals surface area contributed by atoms with Crippen LogP contribution in [0.1, 0.15) is 32.7 Å². The van der Waals surface area contributed by atoms with Crippen molar-refractivity contribution >= 4 is 12.1 Å². The number of aryl methyl sites for hydroxylation is 1. The second-order valence-electron chi connectivity index (χ2n) is 7.84. The number of carbonyl (C=O) groups excluding carboxylic acids is 1. The van der Waals surface area contributed by atoms with Crippen molar-refractivity contribution in [1.82, 2.24) is 10.4 Å². The second kappa shape index (κ2) is 11.1. The van der Waals surface area contributed by atoms with Gasteiger partial charge in [0.15, 0.2) is 0 Å². The topological polar surface area (TPSA) is 104 Å². The van der Waals surface area contributed by atoms with E-state index in [1.807, 2.05) is 66.7 Å². The van der Waals surface area contributed by atoms with Gasteiger partial charge in [0.1, 0.15) is 18.1 Å². The van der Waals surface area contributed by atoms with Crippen molar-refractivity contribution in [3.8, 4) is 22.6 Å². The summed E-state index contributed by atoms with van der Waals surface area (Å²) >= 11 is 0. The van der Waals surface area contributed by atoms with Gasteiger partial charge in [-0.2, -0.15) is 5.10 Å². The minimum absolute atomic E-state index is 0.0901. The molecule has 0 aliphatic heterocycles. The molecule has 1 amide bonds. The normalized spacial score (nSPS) is 10.9. The third kappa shape index (κ3) is 5.72. The maximum atomic E-state index is 12.5. The zero-order chi connectivity index (χ0) is 24.6. The Morgan fingerprint density at radius 1 is 1.03 bits per heavy atom. The summed E-state index contributed by atoms with van der Waals surface area (Å²) in [5, 5.41) is 23.5. The Morgan fingerprint density at radius 2 is 1.74 bits per heavy atom. The standard InChI is InChI=1S/C28H25N3O4/c1-19-27(33)25(23(17-32)15-29-19)16-30-31-28(34)22-13-11-20(12-14-22)18-35-26-10-6-5-9-24(26)21-7-3-2-4-8-21/h2-16,32-33H,17-18H2,1H3,(H,31,34). The molecular formula is C28H25N3O4. The number of benzene rings is 3. The fraction of sp³-hybridized carbons (Fsp3) is 0.107. The highest BCUT2D eigenvalue weighted by atomic mass is 16.5. The highest BCUT2D eigenvalue weighted by molar-refractivity contribution is 5.95. The number of nitrogens with one attached hydrogen (secondary N) is 1. The first kappa shape index (κ1) is 23.7. The summed E-state index contributed by atoms with van der Waals surface area (Å²) in [6.45, 7) is 1.68. The van der Waals surface area contributed by atoms with E-state index in [-0.39, 0.29) is 12.4 Å². The summed E-state index contributed by atoms with van der Waals surface area (Å²) in [6, 6.07) is 25.0. The molecule has 3 N–H and O–H groups in total. The molecule has 4 aromatic rings. The minimum atomic E-state index is -0.404. The fourth-order valence-corrected chi connectivity index (χ4v) is 3.50. The number of hydrazone groups is 1. The number of aliphatic hydroxyl groups is 1. The maximum absolute atomic E-state index is 12.5. The number of ether oxygens (including phenoxy) is 1. The molecule has 0 spiro atoms. The van der Waals surface area contributed by atoms with Crippen molar-refractivity contribution in [3.63, 3.8) is 0 Å². The summed E-state index contributed by atoms with van der Waals surface area (Å²) in [7, 11) is 0. The smallest absolute Gasteiger partial charge is 0.271 e. The van der Waals surface area contributed by atoms with Crippen molar-refractivity contribution in [2.24, 2.45) is 5.10 Å². The first-order valence-corrected chi connectivity index (χ1v) is 11.0. The van der Waals surface area contributed by atoms with Gasteiger partial charge >= 0.3 is 0 Å². The van der Waals surface area contributed by atoms with Crippen molar-refractivity contribution in [1.29, 1.82) is 0 Å². The number of aromatic hydroxyl groups is 1. The third-order valence-corrected chi connectivity index (χ3v) is 5.47. The molecule has 3 aromatic carbocycles. The molecule has 7 nitrogen and oxygen atoms in total. The lowest BCUT2D eigenvalue weighted by atomic mass is 10.0. The molecule has 0 bridgehead atoms. The monoisotopic (exact) mass is 467 g/mol. The Kier molecular flexibility index (Phi) is 7.50. The van der Waals surface area contributed by atoms with E-state index >= 15 is 0 Å². The summed E-state index contributed by atoms with van der Waals surface area (Å²) < 4.78 is 6.06. The van der Waals surface area contributed by atoms with E-state index in [1.165, 1.54) is 12.4 Å². The molecule has 35 heavy (non-hydrogen) atoms. The Balaban J connectivity index is 1.38. The van der Waals surface area contributed by atoms with Crippen LogP contribution in [0, 0.1) is 6.92 Å². The molecule has 0 atom stereocenters. The number of aliphatic hydroxyl groups excluding tert-OH is 1. The number of nitrogens with zero attached hydrogens (tertiary/aromatic N) is 2. The lowest BCUT2D eigenvalue weighted by molar-refractivity contribution is 0.0955. The van der Waals surface area contributed by atoms with Gasteiger partial charge in [-0.05, 0) is 36.2 Å². The van der Waals surface area contributed by atoms with Crippen molar-refractivity contribution in [2.45, 2.75) is 20.1 Å². The molecule has 176 valence electrons. The van der Waals surface area contributed by atoms with E-state index in [4.69, 9.17) is 4.74 Å². The summed E-state index contributed by atoms with van der Waals surface area (Å²) in [5.41, 5.74) is 6.99. The van der Waals surface area contributed by atoms with Gasteiger partial charge in [0.2, 0.25) is 0 Å². The van der Waals surface area contributed by atoms with Crippen LogP contribution in [0.15, 0.2) is 90.2 Å². The molecule has 0 saturated heterocycles. The van der Waals surface area contributed by atoms with Gasteiger partial charge in [0.25, 0.3) is 5.91 Å². The Labute approximate surface area is 203 Å². The van der Waals surface area contributed by atoms with Crippen LogP contribution in [0.5, 0.6) is 11.5 Å². The Morgan fingerprint density at radius 3 is 2.49 bits per heavy atom. The zero-order valence-corrected chi connectivity index (χ0v) is 19.2. The lowest BCUT2D eigenvalue weighted by Crippen LogP contribution is -2.17.